The van der Waals surface area contributed by atoms with Gasteiger partial charge in [-0.05, 0) is 18.6 Å². The summed E-state index contributed by atoms with van der Waals surface area (Å²) in [5.41, 5.74) is 0.571. The second-order valence-corrected chi connectivity index (χ2v) is 5.77. The van der Waals surface area contributed by atoms with Gasteiger partial charge in [-0.15, -0.1) is 0 Å². The van der Waals surface area contributed by atoms with Crippen LogP contribution in [0.1, 0.15) is 11.3 Å². The Kier molecular flexibility index (Phi) is 3.92. The van der Waals surface area contributed by atoms with Gasteiger partial charge in [-0.2, -0.15) is 0 Å². The Hall–Kier alpha value is -2.60. The van der Waals surface area contributed by atoms with Crippen molar-refractivity contribution in [1.29, 1.82) is 0 Å². The molecule has 1 aliphatic heterocycles. The zero-order chi connectivity index (χ0) is 16.4. The molecule has 3 rings (SSSR count). The normalized spacial score (nSPS) is 15.7. The van der Waals surface area contributed by atoms with Crippen LogP contribution in [0.25, 0.3) is 0 Å². The molecule has 23 heavy (non-hydrogen) atoms. The van der Waals surface area contributed by atoms with E-state index in [1.165, 1.54) is 10.6 Å². The van der Waals surface area contributed by atoms with Crippen LogP contribution in [0.5, 0.6) is 5.75 Å². The maximum atomic E-state index is 12.4. The molecule has 6 heteroatoms. The molecule has 1 saturated heterocycles. The molecule has 1 amide bonds. The predicted molar refractivity (Wildman–Crippen MR) is 84.2 cm³/mol. The average Bonchev–Trinajstić information content (AvgIpc) is 2.47. The van der Waals surface area contributed by atoms with Gasteiger partial charge in [-0.25, -0.2) is 0 Å². The first-order valence-electron chi connectivity index (χ1n) is 7.35. The third kappa shape index (κ3) is 2.98. The Morgan fingerprint density at radius 1 is 1.30 bits per heavy atom. The number of aryl methyl sites for hydroxylation is 1. The first-order valence-corrected chi connectivity index (χ1v) is 7.35. The minimum absolute atomic E-state index is 0.0977. The number of carbonyl (C=O) groups is 1. The lowest BCUT2D eigenvalue weighted by atomic mass is 9.88. The Bertz CT molecular complexity index is 779. The minimum atomic E-state index is -0.535. The maximum Gasteiger partial charge on any atom is 0.254 e. The van der Waals surface area contributed by atoms with Crippen molar-refractivity contribution in [3.63, 3.8) is 0 Å². The lowest BCUT2D eigenvalue weighted by Gasteiger charge is -2.42. The Morgan fingerprint density at radius 2 is 2.00 bits per heavy atom. The number of aromatic hydroxyl groups is 1. The van der Waals surface area contributed by atoms with Crippen molar-refractivity contribution < 1.29 is 14.6 Å². The Balaban J connectivity index is 1.79. The van der Waals surface area contributed by atoms with E-state index in [-0.39, 0.29) is 18.2 Å². The second kappa shape index (κ2) is 5.89. The molecule has 120 valence electrons. The van der Waals surface area contributed by atoms with Crippen LogP contribution in [0.15, 0.2) is 47.3 Å². The van der Waals surface area contributed by atoms with Crippen LogP contribution in [-0.2, 0) is 21.6 Å². The second-order valence-electron chi connectivity index (χ2n) is 5.77. The molecule has 0 spiro atoms. The summed E-state index contributed by atoms with van der Waals surface area (Å²) in [6.07, 6.45) is 0. The van der Waals surface area contributed by atoms with Gasteiger partial charge in [0.2, 0.25) is 5.91 Å². The zero-order valence-corrected chi connectivity index (χ0v) is 12.8. The molecule has 1 aromatic heterocycles. The van der Waals surface area contributed by atoms with Crippen molar-refractivity contribution in [2.45, 2.75) is 19.0 Å². The Labute approximate surface area is 133 Å². The van der Waals surface area contributed by atoms with Gasteiger partial charge in [0.1, 0.15) is 17.8 Å². The molecule has 0 bridgehead atoms. The monoisotopic (exact) mass is 314 g/mol. The molecule has 2 N–H and O–H groups in total. The SMILES string of the molecule is Cc1cc(O)cc(=O)n1CC(=O)NC1(c2ccccc2)COC1. The summed E-state index contributed by atoms with van der Waals surface area (Å²) < 4.78 is 6.62. The molecule has 0 atom stereocenters. The van der Waals surface area contributed by atoms with E-state index >= 15 is 0 Å². The summed E-state index contributed by atoms with van der Waals surface area (Å²) in [5, 5.41) is 12.4. The van der Waals surface area contributed by atoms with Crippen LogP contribution < -0.4 is 10.9 Å². The highest BCUT2D eigenvalue weighted by molar-refractivity contribution is 5.77. The largest absolute Gasteiger partial charge is 0.508 e. The number of hydrogen-bond acceptors (Lipinski definition) is 4. The van der Waals surface area contributed by atoms with Crippen molar-refractivity contribution in [1.82, 2.24) is 9.88 Å². The van der Waals surface area contributed by atoms with Gasteiger partial charge in [0.15, 0.2) is 0 Å². The Morgan fingerprint density at radius 3 is 2.57 bits per heavy atom. The first kappa shape index (κ1) is 15.3. The van der Waals surface area contributed by atoms with Crippen LogP contribution in [0.4, 0.5) is 0 Å². The summed E-state index contributed by atoms with van der Waals surface area (Å²) in [5.74, 6) is -0.370. The molecule has 0 aliphatic carbocycles. The molecule has 1 fully saturated rings. The predicted octanol–water partition coefficient (Wildman–Crippen LogP) is 0.904. The van der Waals surface area contributed by atoms with Crippen LogP contribution in [-0.4, -0.2) is 28.8 Å². The highest BCUT2D eigenvalue weighted by Gasteiger charge is 2.41. The van der Waals surface area contributed by atoms with Crippen molar-refractivity contribution in [3.8, 4) is 5.75 Å². The van der Waals surface area contributed by atoms with Gasteiger partial charge in [0, 0.05) is 11.8 Å². The number of rotatable bonds is 4. The van der Waals surface area contributed by atoms with Gasteiger partial charge >= 0.3 is 0 Å². The fourth-order valence-electron chi connectivity index (χ4n) is 2.74. The van der Waals surface area contributed by atoms with Crippen LogP contribution >= 0.6 is 0 Å². The van der Waals surface area contributed by atoms with Gasteiger partial charge in [0.25, 0.3) is 5.56 Å². The highest BCUT2D eigenvalue weighted by atomic mass is 16.5. The minimum Gasteiger partial charge on any atom is -0.508 e. The molecule has 0 radical (unpaired) electrons. The van der Waals surface area contributed by atoms with Crippen molar-refractivity contribution in [3.05, 3.63) is 64.1 Å². The van der Waals surface area contributed by atoms with Crippen molar-refractivity contribution in [2.75, 3.05) is 13.2 Å². The fraction of sp³-hybridized carbons (Fsp3) is 0.294. The van der Waals surface area contributed by atoms with Crippen molar-refractivity contribution in [2.24, 2.45) is 0 Å². The van der Waals surface area contributed by atoms with E-state index in [0.29, 0.717) is 18.9 Å². The number of nitrogens with one attached hydrogen (secondary N) is 1. The molecule has 2 heterocycles. The fourth-order valence-corrected chi connectivity index (χ4v) is 2.74. The zero-order valence-electron chi connectivity index (χ0n) is 12.8. The molecular weight excluding hydrogens is 296 g/mol. The number of carbonyl (C=O) groups excluding carboxylic acids is 1. The van der Waals surface area contributed by atoms with E-state index in [2.05, 4.69) is 5.32 Å². The number of amides is 1. The number of benzene rings is 1. The molecule has 0 saturated carbocycles. The standard InChI is InChI=1S/C17H18N2O4/c1-12-7-14(20)8-16(22)19(12)9-15(21)18-17(10-23-11-17)13-5-3-2-4-6-13/h2-8,20H,9-11H2,1H3,(H,18,21). The quantitative estimate of drug-likeness (QED) is 0.879. The smallest absolute Gasteiger partial charge is 0.254 e. The third-order valence-electron chi connectivity index (χ3n) is 4.02. The lowest BCUT2D eigenvalue weighted by Crippen LogP contribution is -2.60. The van der Waals surface area contributed by atoms with E-state index in [1.807, 2.05) is 30.3 Å². The van der Waals surface area contributed by atoms with Gasteiger partial charge in [0.05, 0.1) is 13.2 Å². The van der Waals surface area contributed by atoms with Gasteiger partial charge in [-0.1, -0.05) is 30.3 Å². The summed E-state index contributed by atoms with van der Waals surface area (Å²) in [4.78, 5) is 24.3. The first-order chi connectivity index (χ1) is 11.0. The number of ether oxygens (including phenoxy) is 1. The van der Waals surface area contributed by atoms with Gasteiger partial charge < -0.3 is 19.7 Å². The maximum absolute atomic E-state index is 12.4. The number of nitrogens with zero attached hydrogens (tertiary/aromatic N) is 1. The van der Waals surface area contributed by atoms with Crippen molar-refractivity contribution >= 4 is 5.91 Å². The molecular formula is C17H18N2O4. The number of pyridine rings is 1. The van der Waals surface area contributed by atoms with E-state index < -0.39 is 11.1 Å². The van der Waals surface area contributed by atoms with Gasteiger partial charge in [-0.3, -0.25) is 9.59 Å². The third-order valence-corrected chi connectivity index (χ3v) is 4.02. The summed E-state index contributed by atoms with van der Waals surface area (Å²) >= 11 is 0. The van der Waals surface area contributed by atoms with Crippen LogP contribution in [0, 0.1) is 6.92 Å². The highest BCUT2D eigenvalue weighted by Crippen LogP contribution is 2.29. The molecule has 1 aliphatic rings. The summed E-state index contributed by atoms with van der Waals surface area (Å²) in [6, 6.07) is 12.2. The molecule has 2 aromatic rings. The molecule has 6 nitrogen and oxygen atoms in total. The van der Waals surface area contributed by atoms with E-state index in [9.17, 15) is 14.7 Å². The molecule has 1 aromatic carbocycles. The summed E-state index contributed by atoms with van der Waals surface area (Å²) in [6.45, 7) is 2.39. The van der Waals surface area contributed by atoms with Crippen LogP contribution in [0.2, 0.25) is 0 Å². The van der Waals surface area contributed by atoms with E-state index in [4.69, 9.17) is 4.74 Å². The average molecular weight is 314 g/mol. The lowest BCUT2D eigenvalue weighted by molar-refractivity contribution is -0.134. The van der Waals surface area contributed by atoms with Crippen LogP contribution in [0.3, 0.4) is 0 Å². The number of aromatic nitrogens is 1. The number of hydrogen-bond donors (Lipinski definition) is 2. The van der Waals surface area contributed by atoms with E-state index in [0.717, 1.165) is 11.6 Å². The van der Waals surface area contributed by atoms with E-state index in [1.54, 1.807) is 6.92 Å². The molecule has 0 unspecified atom stereocenters. The summed E-state index contributed by atoms with van der Waals surface area (Å²) in [7, 11) is 0. The topological polar surface area (TPSA) is 80.6 Å².